The van der Waals surface area contributed by atoms with Crippen molar-refractivity contribution < 1.29 is 14.4 Å². The van der Waals surface area contributed by atoms with Crippen molar-refractivity contribution in [3.63, 3.8) is 0 Å². The van der Waals surface area contributed by atoms with Gasteiger partial charge < -0.3 is 0 Å². The van der Waals surface area contributed by atoms with Gasteiger partial charge in [-0.2, -0.15) is 0 Å². The molecule has 2 rings (SSSR count). The second-order valence-corrected chi connectivity index (χ2v) is 4.34. The van der Waals surface area contributed by atoms with Crippen LogP contribution in [0.5, 0.6) is 0 Å². The van der Waals surface area contributed by atoms with Gasteiger partial charge >= 0.3 is 0 Å². The highest BCUT2D eigenvalue weighted by molar-refractivity contribution is 6.64. The third-order valence-corrected chi connectivity index (χ3v) is 3.09. The second-order valence-electron chi connectivity index (χ2n) is 3.97. The fourth-order valence-electron chi connectivity index (χ4n) is 1.75. The first kappa shape index (κ1) is 11.8. The zero-order chi connectivity index (χ0) is 12.6. The van der Waals surface area contributed by atoms with Gasteiger partial charge in [-0.05, 0) is 23.7 Å². The molecule has 0 aromatic heterocycles. The Bertz CT molecular complexity index is 477. The van der Waals surface area contributed by atoms with Crippen molar-refractivity contribution in [1.29, 1.82) is 0 Å². The molecule has 1 aliphatic heterocycles. The monoisotopic (exact) mass is 251 g/mol. The van der Waals surface area contributed by atoms with Gasteiger partial charge in [-0.3, -0.25) is 19.3 Å². The number of hydrogen-bond donors (Lipinski definition) is 0. The van der Waals surface area contributed by atoms with Gasteiger partial charge in [0.15, 0.2) is 0 Å². The highest BCUT2D eigenvalue weighted by Gasteiger charge is 2.36. The molecule has 0 fully saturated rings. The zero-order valence-electron chi connectivity index (χ0n) is 9.14. The Balaban J connectivity index is 2.27. The number of benzene rings is 1. The van der Waals surface area contributed by atoms with E-state index in [1.165, 1.54) is 0 Å². The minimum Gasteiger partial charge on any atom is -0.281 e. The van der Waals surface area contributed by atoms with Crippen molar-refractivity contribution in [2.75, 3.05) is 6.54 Å². The molecule has 88 valence electrons. The summed E-state index contributed by atoms with van der Waals surface area (Å²) in [6.45, 7) is 1.60. The van der Waals surface area contributed by atoms with Crippen LogP contribution in [0.2, 0.25) is 0 Å². The van der Waals surface area contributed by atoms with Gasteiger partial charge in [0.25, 0.3) is 11.8 Å². The molecule has 0 radical (unpaired) electrons. The third-order valence-electron chi connectivity index (χ3n) is 2.72. The average molecular weight is 252 g/mol. The summed E-state index contributed by atoms with van der Waals surface area (Å²) in [6, 6.07) is 6.60. The molecular weight excluding hydrogens is 242 g/mol. The molecule has 0 bridgehead atoms. The van der Waals surface area contributed by atoms with Crippen LogP contribution < -0.4 is 0 Å². The number of rotatable bonds is 3. The minimum absolute atomic E-state index is 0.0225. The number of imide groups is 1. The molecule has 17 heavy (non-hydrogen) atoms. The van der Waals surface area contributed by atoms with Crippen LogP contribution in [0.1, 0.15) is 27.6 Å². The average Bonchev–Trinajstić information content (AvgIpc) is 2.55. The molecule has 0 saturated carbocycles. The molecule has 0 aliphatic carbocycles. The smallest absolute Gasteiger partial charge is 0.261 e. The minimum atomic E-state index is -0.557. The number of halogens is 1. The summed E-state index contributed by atoms with van der Waals surface area (Å²) >= 11 is 5.33. The van der Waals surface area contributed by atoms with Crippen molar-refractivity contribution in [3.05, 3.63) is 35.4 Å². The summed E-state index contributed by atoms with van der Waals surface area (Å²) in [4.78, 5) is 35.8. The second kappa shape index (κ2) is 4.30. The third kappa shape index (κ3) is 1.96. The van der Waals surface area contributed by atoms with Crippen molar-refractivity contribution in [2.24, 2.45) is 5.92 Å². The van der Waals surface area contributed by atoms with Crippen LogP contribution in [0.3, 0.4) is 0 Å². The number of hydrogen-bond acceptors (Lipinski definition) is 3. The molecule has 1 aromatic carbocycles. The topological polar surface area (TPSA) is 54.5 Å². The van der Waals surface area contributed by atoms with E-state index in [2.05, 4.69) is 0 Å². The molecule has 0 spiro atoms. The first-order valence-corrected chi connectivity index (χ1v) is 5.54. The predicted molar refractivity (Wildman–Crippen MR) is 61.8 cm³/mol. The number of nitrogens with zero attached hydrogens (tertiary/aromatic N) is 1. The summed E-state index contributed by atoms with van der Waals surface area (Å²) in [5, 5.41) is -0.554. The van der Waals surface area contributed by atoms with E-state index in [0.717, 1.165) is 4.90 Å². The molecule has 2 amide bonds. The summed E-state index contributed by atoms with van der Waals surface area (Å²) in [5.74, 6) is -1.29. The van der Waals surface area contributed by atoms with Gasteiger partial charge in [-0.25, -0.2) is 0 Å². The van der Waals surface area contributed by atoms with E-state index in [-0.39, 0.29) is 18.4 Å². The molecule has 1 heterocycles. The van der Waals surface area contributed by atoms with Crippen LogP contribution >= 0.6 is 11.6 Å². The standard InChI is InChI=1S/C12H10ClNO3/c1-7(10(13)15)6-14-11(16)8-4-2-3-5-9(8)12(14)17/h2-5,7H,6H2,1H3/t7-/m0/s1. The number of amides is 2. The molecule has 1 aliphatic rings. The number of carbonyl (C=O) groups is 3. The van der Waals surface area contributed by atoms with E-state index in [1.54, 1.807) is 31.2 Å². The molecule has 5 heteroatoms. The van der Waals surface area contributed by atoms with E-state index in [4.69, 9.17) is 11.6 Å². The predicted octanol–water partition coefficient (Wildman–Crippen LogP) is 1.68. The van der Waals surface area contributed by atoms with Gasteiger partial charge in [-0.15, -0.1) is 0 Å². The van der Waals surface area contributed by atoms with Gasteiger partial charge in [0.1, 0.15) is 0 Å². The first-order valence-electron chi connectivity index (χ1n) is 5.17. The summed E-state index contributed by atoms with van der Waals surface area (Å²) in [7, 11) is 0. The summed E-state index contributed by atoms with van der Waals surface area (Å²) in [5.41, 5.74) is 0.762. The lowest BCUT2D eigenvalue weighted by molar-refractivity contribution is -0.114. The quantitative estimate of drug-likeness (QED) is 0.607. The van der Waals surface area contributed by atoms with Crippen LogP contribution in [-0.2, 0) is 4.79 Å². The van der Waals surface area contributed by atoms with Crippen molar-refractivity contribution in [1.82, 2.24) is 4.90 Å². The zero-order valence-corrected chi connectivity index (χ0v) is 9.90. The molecule has 0 unspecified atom stereocenters. The molecule has 0 saturated heterocycles. The Morgan fingerprint density at radius 3 is 2.12 bits per heavy atom. The fraction of sp³-hybridized carbons (Fsp3) is 0.250. The van der Waals surface area contributed by atoms with E-state index in [9.17, 15) is 14.4 Å². The van der Waals surface area contributed by atoms with Crippen LogP contribution in [0.15, 0.2) is 24.3 Å². The fourth-order valence-corrected chi connectivity index (χ4v) is 1.82. The summed E-state index contributed by atoms with van der Waals surface area (Å²) < 4.78 is 0. The van der Waals surface area contributed by atoms with Gasteiger partial charge in [-0.1, -0.05) is 19.1 Å². The van der Waals surface area contributed by atoms with Crippen molar-refractivity contribution >= 4 is 28.7 Å². The Morgan fingerprint density at radius 2 is 1.71 bits per heavy atom. The van der Waals surface area contributed by atoms with Gasteiger partial charge in [0.2, 0.25) is 5.24 Å². The molecule has 4 nitrogen and oxygen atoms in total. The van der Waals surface area contributed by atoms with E-state index in [0.29, 0.717) is 11.1 Å². The highest BCUT2D eigenvalue weighted by Crippen LogP contribution is 2.23. The Labute approximate surface area is 103 Å². The number of carbonyl (C=O) groups excluding carboxylic acids is 3. The maximum atomic E-state index is 11.9. The van der Waals surface area contributed by atoms with Crippen LogP contribution in [0, 0.1) is 5.92 Å². The van der Waals surface area contributed by atoms with Gasteiger partial charge in [0.05, 0.1) is 11.1 Å². The number of fused-ring (bicyclic) bond motifs is 1. The molecule has 0 N–H and O–H groups in total. The Hall–Kier alpha value is -1.68. The maximum Gasteiger partial charge on any atom is 0.261 e. The van der Waals surface area contributed by atoms with Crippen LogP contribution in [-0.4, -0.2) is 28.5 Å². The first-order chi connectivity index (χ1) is 8.02. The lowest BCUT2D eigenvalue weighted by atomic mass is 10.1. The molecular formula is C12H10ClNO3. The maximum absolute atomic E-state index is 11.9. The van der Waals surface area contributed by atoms with E-state index < -0.39 is 11.2 Å². The molecule has 1 aromatic rings. The van der Waals surface area contributed by atoms with E-state index >= 15 is 0 Å². The SMILES string of the molecule is C[C@@H](CN1C(=O)c2ccccc2C1=O)C(=O)Cl. The van der Waals surface area contributed by atoms with Gasteiger partial charge in [0, 0.05) is 12.5 Å². The van der Waals surface area contributed by atoms with Crippen molar-refractivity contribution in [3.8, 4) is 0 Å². The molecule has 1 atom stereocenters. The normalized spacial score (nSPS) is 16.0. The summed E-state index contributed by atoms with van der Waals surface area (Å²) in [6.07, 6.45) is 0. The largest absolute Gasteiger partial charge is 0.281 e. The highest BCUT2D eigenvalue weighted by atomic mass is 35.5. The lowest BCUT2D eigenvalue weighted by Crippen LogP contribution is -2.35. The van der Waals surface area contributed by atoms with Crippen LogP contribution in [0.4, 0.5) is 0 Å². The van der Waals surface area contributed by atoms with E-state index in [1.807, 2.05) is 0 Å². The lowest BCUT2D eigenvalue weighted by Gasteiger charge is -2.16. The van der Waals surface area contributed by atoms with Crippen molar-refractivity contribution in [2.45, 2.75) is 6.92 Å². The Kier molecular flexibility index (Phi) is 2.98. The van der Waals surface area contributed by atoms with Crippen LogP contribution in [0.25, 0.3) is 0 Å². The Morgan fingerprint density at radius 1 is 1.24 bits per heavy atom.